The number of piperidine rings is 1. The first kappa shape index (κ1) is 21.9. The Morgan fingerprint density at radius 2 is 1.94 bits per heavy atom. The third-order valence-corrected chi connectivity index (χ3v) is 6.89. The smallest absolute Gasteiger partial charge is 0.225 e. The van der Waals surface area contributed by atoms with Crippen LogP contribution in [0.1, 0.15) is 48.4 Å². The number of aromatic nitrogens is 4. The van der Waals surface area contributed by atoms with Gasteiger partial charge in [-0.15, -0.1) is 0 Å². The molecule has 4 heterocycles. The van der Waals surface area contributed by atoms with Crippen molar-refractivity contribution in [3.63, 3.8) is 0 Å². The van der Waals surface area contributed by atoms with Crippen LogP contribution in [-0.4, -0.2) is 57.9 Å². The van der Waals surface area contributed by atoms with Crippen molar-refractivity contribution in [2.75, 3.05) is 38.2 Å². The Kier molecular flexibility index (Phi) is 6.31. The van der Waals surface area contributed by atoms with Gasteiger partial charge in [-0.1, -0.05) is 12.1 Å². The number of likely N-dealkylation sites (tertiary alicyclic amines) is 1. The maximum absolute atomic E-state index is 5.65. The van der Waals surface area contributed by atoms with Crippen LogP contribution in [-0.2, 0) is 13.6 Å². The first-order valence-electron chi connectivity index (χ1n) is 12.1. The van der Waals surface area contributed by atoms with Crippen LogP contribution >= 0.6 is 0 Å². The molecule has 174 valence electrons. The lowest BCUT2D eigenvalue weighted by Crippen LogP contribution is -2.34. The summed E-state index contributed by atoms with van der Waals surface area (Å²) in [7, 11) is 3.77. The number of anilines is 1. The molecule has 0 spiro atoms. The summed E-state index contributed by atoms with van der Waals surface area (Å²) >= 11 is 0. The lowest BCUT2D eigenvalue weighted by Gasteiger charge is -2.32. The number of hydrogen-bond donors (Lipinski definition) is 0. The lowest BCUT2D eigenvalue weighted by molar-refractivity contribution is 0.196. The van der Waals surface area contributed by atoms with Gasteiger partial charge in [-0.2, -0.15) is 5.10 Å². The Morgan fingerprint density at radius 1 is 1.09 bits per heavy atom. The predicted molar refractivity (Wildman–Crippen MR) is 131 cm³/mol. The minimum atomic E-state index is 0.386. The highest BCUT2D eigenvalue weighted by Crippen LogP contribution is 2.34. The van der Waals surface area contributed by atoms with Gasteiger partial charge in [0.05, 0.1) is 18.5 Å². The first-order valence-corrected chi connectivity index (χ1v) is 12.1. The summed E-state index contributed by atoms with van der Waals surface area (Å²) in [6, 6.07) is 8.52. The zero-order valence-corrected chi connectivity index (χ0v) is 20.0. The van der Waals surface area contributed by atoms with Crippen LogP contribution in [0.5, 0.6) is 5.75 Å². The zero-order chi connectivity index (χ0) is 22.8. The van der Waals surface area contributed by atoms with Crippen molar-refractivity contribution in [2.24, 2.45) is 7.05 Å². The second-order valence-corrected chi connectivity index (χ2v) is 9.43. The Balaban J connectivity index is 1.38. The molecule has 3 aromatic rings. The highest BCUT2D eigenvalue weighted by Gasteiger charge is 2.27. The number of benzene rings is 1. The number of hydrogen-bond acceptors (Lipinski definition) is 6. The summed E-state index contributed by atoms with van der Waals surface area (Å²) in [5.74, 6) is 2.21. The van der Waals surface area contributed by atoms with E-state index < -0.39 is 0 Å². The number of ether oxygens (including phenoxy) is 1. The van der Waals surface area contributed by atoms with Crippen molar-refractivity contribution in [1.82, 2.24) is 24.6 Å². The average Bonchev–Trinajstić information content (AvgIpc) is 3.51. The largest absolute Gasteiger partial charge is 0.496 e. The Bertz CT molecular complexity index is 1100. The predicted octanol–water partition coefficient (Wildman–Crippen LogP) is 4.17. The van der Waals surface area contributed by atoms with Crippen LogP contribution < -0.4 is 9.64 Å². The second-order valence-electron chi connectivity index (χ2n) is 9.43. The summed E-state index contributed by atoms with van der Waals surface area (Å²) in [5, 5.41) is 4.92. The number of methoxy groups -OCH3 is 1. The molecule has 2 aliphatic rings. The van der Waals surface area contributed by atoms with E-state index in [1.165, 1.54) is 24.0 Å². The van der Waals surface area contributed by atoms with Crippen molar-refractivity contribution >= 4 is 5.95 Å². The van der Waals surface area contributed by atoms with Crippen LogP contribution in [0.3, 0.4) is 0 Å². The molecule has 0 radical (unpaired) electrons. The van der Waals surface area contributed by atoms with Gasteiger partial charge in [0.15, 0.2) is 0 Å². The van der Waals surface area contributed by atoms with E-state index in [4.69, 9.17) is 14.8 Å². The summed E-state index contributed by atoms with van der Waals surface area (Å²) < 4.78 is 7.59. The van der Waals surface area contributed by atoms with Crippen LogP contribution in [0.4, 0.5) is 5.95 Å². The molecule has 0 N–H and O–H groups in total. The standard InChI is InChI=1S/C26H34N6O/c1-19-8-9-20(24(15-19)33-3)16-31-12-6-7-21(17-31)25-22(18-30(2)29-25)23-10-11-27-26(28-23)32-13-4-5-14-32/h8-11,15,18,21H,4-7,12-14,16-17H2,1-3H3. The van der Waals surface area contributed by atoms with E-state index in [0.717, 1.165) is 74.2 Å². The zero-order valence-electron chi connectivity index (χ0n) is 20.0. The van der Waals surface area contributed by atoms with E-state index in [1.54, 1.807) is 7.11 Å². The molecule has 2 fully saturated rings. The molecular weight excluding hydrogens is 412 g/mol. The third kappa shape index (κ3) is 4.74. The Morgan fingerprint density at radius 3 is 2.76 bits per heavy atom. The fourth-order valence-electron chi connectivity index (χ4n) is 5.22. The van der Waals surface area contributed by atoms with Gasteiger partial charge in [0.1, 0.15) is 5.75 Å². The molecule has 1 unspecified atom stereocenters. The fraction of sp³-hybridized carbons (Fsp3) is 0.500. The molecule has 2 aromatic heterocycles. The monoisotopic (exact) mass is 446 g/mol. The SMILES string of the molecule is COc1cc(C)ccc1CN1CCCC(c2nn(C)cc2-c2ccnc(N3CCCC3)n2)C1. The van der Waals surface area contributed by atoms with Gasteiger partial charge in [-0.05, 0) is 56.8 Å². The van der Waals surface area contributed by atoms with Gasteiger partial charge in [-0.3, -0.25) is 9.58 Å². The van der Waals surface area contributed by atoms with Crippen molar-refractivity contribution in [3.05, 3.63) is 53.5 Å². The normalized spacial score (nSPS) is 19.2. The molecule has 0 amide bonds. The minimum absolute atomic E-state index is 0.386. The molecular formula is C26H34N6O. The fourth-order valence-corrected chi connectivity index (χ4v) is 5.22. The summed E-state index contributed by atoms with van der Waals surface area (Å²) in [4.78, 5) is 14.3. The van der Waals surface area contributed by atoms with E-state index in [-0.39, 0.29) is 0 Å². The quantitative estimate of drug-likeness (QED) is 0.566. The highest BCUT2D eigenvalue weighted by molar-refractivity contribution is 5.63. The van der Waals surface area contributed by atoms with Gasteiger partial charge < -0.3 is 9.64 Å². The molecule has 0 aliphatic carbocycles. The number of aryl methyl sites for hydroxylation is 2. The average molecular weight is 447 g/mol. The van der Waals surface area contributed by atoms with Crippen molar-refractivity contribution in [2.45, 2.75) is 45.1 Å². The van der Waals surface area contributed by atoms with Crippen LogP contribution in [0.15, 0.2) is 36.7 Å². The Hall–Kier alpha value is -2.93. The molecule has 0 bridgehead atoms. The lowest BCUT2D eigenvalue weighted by atomic mass is 9.91. The van der Waals surface area contributed by atoms with Gasteiger partial charge in [-0.25, -0.2) is 9.97 Å². The van der Waals surface area contributed by atoms with Gasteiger partial charge in [0.25, 0.3) is 0 Å². The molecule has 2 saturated heterocycles. The molecule has 2 aliphatic heterocycles. The van der Waals surface area contributed by atoms with E-state index >= 15 is 0 Å². The van der Waals surface area contributed by atoms with Gasteiger partial charge in [0, 0.05) is 62.7 Å². The molecule has 1 aromatic carbocycles. The van der Waals surface area contributed by atoms with E-state index in [0.29, 0.717) is 5.92 Å². The van der Waals surface area contributed by atoms with E-state index in [9.17, 15) is 0 Å². The van der Waals surface area contributed by atoms with Crippen LogP contribution in [0, 0.1) is 6.92 Å². The minimum Gasteiger partial charge on any atom is -0.496 e. The summed E-state index contributed by atoms with van der Waals surface area (Å²) in [6.07, 6.45) is 8.76. The van der Waals surface area contributed by atoms with Gasteiger partial charge >= 0.3 is 0 Å². The van der Waals surface area contributed by atoms with Crippen molar-refractivity contribution in [1.29, 1.82) is 0 Å². The van der Waals surface area contributed by atoms with Gasteiger partial charge in [0.2, 0.25) is 5.95 Å². The molecule has 7 nitrogen and oxygen atoms in total. The molecule has 33 heavy (non-hydrogen) atoms. The third-order valence-electron chi connectivity index (χ3n) is 6.89. The number of rotatable bonds is 6. The maximum atomic E-state index is 5.65. The van der Waals surface area contributed by atoms with E-state index in [1.807, 2.05) is 24.0 Å². The molecule has 7 heteroatoms. The second kappa shape index (κ2) is 9.51. The molecule has 5 rings (SSSR count). The topological polar surface area (TPSA) is 59.3 Å². The van der Waals surface area contributed by atoms with E-state index in [2.05, 4.69) is 46.1 Å². The first-order chi connectivity index (χ1) is 16.1. The molecule has 0 saturated carbocycles. The summed E-state index contributed by atoms with van der Waals surface area (Å²) in [6.45, 7) is 7.18. The van der Waals surface area contributed by atoms with Crippen molar-refractivity contribution < 1.29 is 4.74 Å². The number of nitrogens with zero attached hydrogens (tertiary/aromatic N) is 6. The molecule has 1 atom stereocenters. The Labute approximate surface area is 196 Å². The van der Waals surface area contributed by atoms with Crippen LogP contribution in [0.2, 0.25) is 0 Å². The highest BCUT2D eigenvalue weighted by atomic mass is 16.5. The van der Waals surface area contributed by atoms with Crippen molar-refractivity contribution in [3.8, 4) is 17.0 Å². The summed E-state index contributed by atoms with van der Waals surface area (Å²) in [5.41, 5.74) is 5.75. The van der Waals surface area contributed by atoms with Crippen LogP contribution in [0.25, 0.3) is 11.3 Å². The maximum Gasteiger partial charge on any atom is 0.225 e.